The number of benzene rings is 2. The van der Waals surface area contributed by atoms with Crippen molar-refractivity contribution in [2.45, 2.75) is 26.2 Å². The first-order valence-corrected chi connectivity index (χ1v) is 12.5. The molecule has 0 fully saturated rings. The molecule has 0 aliphatic carbocycles. The third-order valence-electron chi connectivity index (χ3n) is 6.61. The van der Waals surface area contributed by atoms with Crippen LogP contribution in [0.3, 0.4) is 0 Å². The van der Waals surface area contributed by atoms with Gasteiger partial charge in [-0.05, 0) is 37.1 Å². The van der Waals surface area contributed by atoms with Crippen molar-refractivity contribution >= 4 is 29.0 Å². The Morgan fingerprint density at radius 1 is 1.08 bits per heavy atom. The van der Waals surface area contributed by atoms with E-state index in [0.29, 0.717) is 36.5 Å². The van der Waals surface area contributed by atoms with E-state index < -0.39 is 28.7 Å². The fourth-order valence-corrected chi connectivity index (χ4v) is 4.75. The number of nitro benzene ring substituents is 1. The number of non-ortho nitro benzene ring substituents is 1. The minimum absolute atomic E-state index is 0.0370. The van der Waals surface area contributed by atoms with E-state index >= 15 is 0 Å². The van der Waals surface area contributed by atoms with Gasteiger partial charge in [0.05, 0.1) is 37.4 Å². The van der Waals surface area contributed by atoms with Gasteiger partial charge in [-0.2, -0.15) is 0 Å². The maximum Gasteiger partial charge on any atom is 0.336 e. The van der Waals surface area contributed by atoms with Crippen molar-refractivity contribution in [3.63, 3.8) is 0 Å². The molecule has 3 rings (SSSR count). The van der Waals surface area contributed by atoms with Gasteiger partial charge in [-0.25, -0.2) is 4.79 Å². The summed E-state index contributed by atoms with van der Waals surface area (Å²) in [6.07, 6.45) is 0.419. The van der Waals surface area contributed by atoms with Gasteiger partial charge in [-0.15, -0.1) is 0 Å². The van der Waals surface area contributed by atoms with Crippen LogP contribution in [0.15, 0.2) is 64.8 Å². The highest BCUT2D eigenvalue weighted by molar-refractivity contribution is 6.07. The Balaban J connectivity index is 1.81. The molecule has 0 saturated carbocycles. The van der Waals surface area contributed by atoms with Crippen LogP contribution < -0.4 is 4.90 Å². The third kappa shape index (κ3) is 7.06. The molecule has 2 atom stereocenters. The lowest BCUT2D eigenvalue weighted by molar-refractivity contribution is -0.384. The highest BCUT2D eigenvalue weighted by atomic mass is 16.6. The average Bonchev–Trinajstić information content (AvgIpc) is 2.92. The number of methoxy groups -OCH3 is 1. The number of esters is 2. The molecule has 0 bridgehead atoms. The molecule has 208 valence electrons. The van der Waals surface area contributed by atoms with Crippen molar-refractivity contribution < 1.29 is 34.2 Å². The molecule has 0 spiro atoms. The summed E-state index contributed by atoms with van der Waals surface area (Å²) < 4.78 is 10.6. The van der Waals surface area contributed by atoms with Gasteiger partial charge in [0.2, 0.25) is 0 Å². The summed E-state index contributed by atoms with van der Waals surface area (Å²) in [5, 5.41) is 29.9. The Morgan fingerprint density at radius 2 is 1.74 bits per heavy atom. The van der Waals surface area contributed by atoms with E-state index in [1.165, 1.54) is 25.3 Å². The predicted octanol–water partition coefficient (Wildman–Crippen LogP) is 2.79. The Labute approximate surface area is 226 Å². The van der Waals surface area contributed by atoms with Crippen LogP contribution in [0, 0.1) is 16.0 Å². The van der Waals surface area contributed by atoms with Gasteiger partial charge in [0.25, 0.3) is 5.69 Å². The average molecular weight is 540 g/mol. The molecule has 11 heteroatoms. The number of aliphatic hydroxyl groups excluding tert-OH is 2. The van der Waals surface area contributed by atoms with Gasteiger partial charge < -0.3 is 24.6 Å². The summed E-state index contributed by atoms with van der Waals surface area (Å²) in [6, 6.07) is 13.3. The first-order chi connectivity index (χ1) is 18.7. The molecule has 1 aliphatic rings. The van der Waals surface area contributed by atoms with Gasteiger partial charge in [0.15, 0.2) is 0 Å². The number of carbonyl (C=O) groups excluding carboxylic acids is 2. The molecule has 0 aromatic heterocycles. The van der Waals surface area contributed by atoms with Crippen LogP contribution in [0.4, 0.5) is 11.4 Å². The number of hydrogen-bond acceptors (Lipinski definition) is 10. The van der Waals surface area contributed by atoms with E-state index in [-0.39, 0.29) is 31.1 Å². The zero-order chi connectivity index (χ0) is 28.5. The Bertz CT molecular complexity index is 1250. The number of carbonyl (C=O) groups is 2. The fourth-order valence-electron chi connectivity index (χ4n) is 4.75. The van der Waals surface area contributed by atoms with E-state index in [0.717, 1.165) is 11.3 Å². The zero-order valence-electron chi connectivity index (χ0n) is 22.2. The van der Waals surface area contributed by atoms with Crippen LogP contribution in [0.25, 0.3) is 0 Å². The Kier molecular flexibility index (Phi) is 10.3. The van der Waals surface area contributed by atoms with Gasteiger partial charge in [-0.1, -0.05) is 24.3 Å². The number of nitro groups is 1. The van der Waals surface area contributed by atoms with Crippen LogP contribution in [0.5, 0.6) is 0 Å². The number of rotatable bonds is 12. The number of aliphatic hydroxyl groups is 2. The summed E-state index contributed by atoms with van der Waals surface area (Å²) in [7, 11) is 1.24. The van der Waals surface area contributed by atoms with Gasteiger partial charge in [0.1, 0.15) is 5.92 Å². The molecule has 2 N–H and O–H groups in total. The number of anilines is 1. The molecule has 1 aliphatic heterocycles. The van der Waals surface area contributed by atoms with Crippen LogP contribution >= 0.6 is 0 Å². The molecule has 2 aromatic rings. The molecule has 39 heavy (non-hydrogen) atoms. The minimum Gasteiger partial charge on any atom is -0.468 e. The van der Waals surface area contributed by atoms with Crippen LogP contribution in [-0.4, -0.2) is 72.8 Å². The van der Waals surface area contributed by atoms with Crippen LogP contribution in [-0.2, 0) is 25.5 Å². The predicted molar refractivity (Wildman–Crippen MR) is 145 cm³/mol. The number of nitrogens with zero attached hydrogens (tertiary/aromatic N) is 3. The molecule has 0 saturated heterocycles. The van der Waals surface area contributed by atoms with Crippen molar-refractivity contribution in [2.24, 2.45) is 10.9 Å². The van der Waals surface area contributed by atoms with Crippen molar-refractivity contribution in [2.75, 3.05) is 44.9 Å². The second kappa shape index (κ2) is 13.6. The highest BCUT2D eigenvalue weighted by Crippen LogP contribution is 2.41. The standard InChI is InChI=1S/C28H33N3O8/c1-18-24(27(34)38-3)26(21-5-4-6-23(17-21)31(36)37)25(19(2)29-18)28(35)39-16-11-20-7-9-22(10-8-20)30(12-14-32)13-15-33/h4-10,17,24,26,32-33H,11-16H2,1-3H3. The van der Waals surface area contributed by atoms with Crippen LogP contribution in [0.2, 0.25) is 0 Å². The summed E-state index contributed by atoms with van der Waals surface area (Å²) in [4.78, 5) is 43.3. The monoisotopic (exact) mass is 539 g/mol. The lowest BCUT2D eigenvalue weighted by atomic mass is 9.75. The van der Waals surface area contributed by atoms with E-state index in [1.54, 1.807) is 19.9 Å². The Morgan fingerprint density at radius 3 is 2.33 bits per heavy atom. The summed E-state index contributed by atoms with van der Waals surface area (Å²) in [5.41, 5.74) is 2.95. The molecule has 1 heterocycles. The van der Waals surface area contributed by atoms with Crippen molar-refractivity contribution in [3.8, 4) is 0 Å². The van der Waals surface area contributed by atoms with Crippen LogP contribution in [0.1, 0.15) is 30.9 Å². The second-order valence-electron chi connectivity index (χ2n) is 9.07. The minimum atomic E-state index is -0.948. The fraction of sp³-hybridized carbons (Fsp3) is 0.393. The van der Waals surface area contributed by atoms with E-state index in [9.17, 15) is 29.9 Å². The molecule has 2 aromatic carbocycles. The molecule has 0 radical (unpaired) electrons. The molecule has 11 nitrogen and oxygen atoms in total. The summed E-state index contributed by atoms with van der Waals surface area (Å²) in [5.74, 6) is -3.09. The SMILES string of the molecule is COC(=O)C1C(C)=NC(C)=C(C(=O)OCCc2ccc(N(CCO)CCO)cc2)C1c1cccc([N+](=O)[O-])c1. The Hall–Kier alpha value is -4.09. The van der Waals surface area contributed by atoms with E-state index in [1.807, 2.05) is 29.2 Å². The van der Waals surface area contributed by atoms with Crippen molar-refractivity contribution in [3.05, 3.63) is 81.0 Å². The van der Waals surface area contributed by atoms with Crippen molar-refractivity contribution in [1.29, 1.82) is 0 Å². The summed E-state index contributed by atoms with van der Waals surface area (Å²) in [6.45, 7) is 4.07. The lowest BCUT2D eigenvalue weighted by Gasteiger charge is -2.31. The molecular weight excluding hydrogens is 506 g/mol. The smallest absolute Gasteiger partial charge is 0.336 e. The van der Waals surface area contributed by atoms with Crippen molar-refractivity contribution in [1.82, 2.24) is 0 Å². The van der Waals surface area contributed by atoms with Gasteiger partial charge >= 0.3 is 11.9 Å². The molecule has 2 unspecified atom stereocenters. The third-order valence-corrected chi connectivity index (χ3v) is 6.61. The molecule has 0 amide bonds. The normalized spacial score (nSPS) is 16.9. The van der Waals surface area contributed by atoms with E-state index in [4.69, 9.17) is 9.47 Å². The quantitative estimate of drug-likeness (QED) is 0.236. The molecular formula is C28H33N3O8. The number of hydrogen-bond donors (Lipinski definition) is 2. The number of aliphatic imine (C=N–C) groups is 1. The maximum atomic E-state index is 13.4. The topological polar surface area (TPSA) is 152 Å². The maximum absolute atomic E-state index is 13.4. The highest BCUT2D eigenvalue weighted by Gasteiger charge is 2.42. The number of ether oxygens (including phenoxy) is 2. The number of allylic oxidation sites excluding steroid dienone is 1. The summed E-state index contributed by atoms with van der Waals surface area (Å²) >= 11 is 0. The zero-order valence-corrected chi connectivity index (χ0v) is 22.2. The first-order valence-electron chi connectivity index (χ1n) is 12.5. The second-order valence-corrected chi connectivity index (χ2v) is 9.07. The van der Waals surface area contributed by atoms with Gasteiger partial charge in [0, 0.05) is 54.7 Å². The van der Waals surface area contributed by atoms with Gasteiger partial charge in [-0.3, -0.25) is 19.9 Å². The first kappa shape index (κ1) is 29.5. The largest absolute Gasteiger partial charge is 0.468 e. The van der Waals surface area contributed by atoms with E-state index in [2.05, 4.69) is 4.99 Å². The lowest BCUT2D eigenvalue weighted by Crippen LogP contribution is -2.36.